The number of nitrogens with two attached hydrogens (primary N) is 3. The second kappa shape index (κ2) is 10.4. The fourth-order valence-electron chi connectivity index (χ4n) is 3.80. The van der Waals surface area contributed by atoms with Gasteiger partial charge in [-0.15, -0.1) is 10.2 Å². The van der Waals surface area contributed by atoms with Gasteiger partial charge in [0.05, 0.1) is 11.7 Å². The Bertz CT molecular complexity index is 1160. The van der Waals surface area contributed by atoms with Crippen LogP contribution >= 0.6 is 0 Å². The predicted octanol–water partition coefficient (Wildman–Crippen LogP) is -2.32. The van der Waals surface area contributed by atoms with Gasteiger partial charge in [-0.05, 0) is 49.1 Å². The first-order valence-electron chi connectivity index (χ1n) is 10.3. The van der Waals surface area contributed by atoms with Crippen LogP contribution in [0.4, 0.5) is 5.69 Å². The summed E-state index contributed by atoms with van der Waals surface area (Å²) in [5, 5.41) is 28.7. The first-order valence-corrected chi connectivity index (χ1v) is 13.4. The van der Waals surface area contributed by atoms with E-state index in [1.165, 1.54) is 12.1 Å². The maximum absolute atomic E-state index is 13.0. The van der Waals surface area contributed by atoms with Crippen LogP contribution in [0.2, 0.25) is 0 Å². The number of sulfonamides is 2. The molecule has 184 valence electrons. The molecule has 1 aliphatic heterocycles. The summed E-state index contributed by atoms with van der Waals surface area (Å²) in [6.07, 6.45) is 1.37. The third-order valence-electron chi connectivity index (χ3n) is 5.55. The Morgan fingerprint density at radius 2 is 1.97 bits per heavy atom. The number of nitrogens with one attached hydrogen (secondary N) is 2. The van der Waals surface area contributed by atoms with Crippen LogP contribution in [0.25, 0.3) is 11.4 Å². The second-order valence-corrected chi connectivity index (χ2v) is 11.1. The number of aliphatic hydroxyl groups is 1. The van der Waals surface area contributed by atoms with Crippen molar-refractivity contribution >= 4 is 25.7 Å². The lowest BCUT2D eigenvalue weighted by molar-refractivity contribution is 0.186. The van der Waals surface area contributed by atoms with Gasteiger partial charge in [0.15, 0.2) is 0 Å². The van der Waals surface area contributed by atoms with Gasteiger partial charge in [-0.1, -0.05) is 0 Å². The van der Waals surface area contributed by atoms with E-state index in [2.05, 4.69) is 25.3 Å². The maximum Gasteiger partial charge on any atom is 0.242 e. The van der Waals surface area contributed by atoms with Crippen LogP contribution in [0.5, 0.6) is 0 Å². The molecular weight excluding hydrogens is 474 g/mol. The van der Waals surface area contributed by atoms with E-state index in [1.54, 1.807) is 0 Å². The van der Waals surface area contributed by atoms with E-state index in [0.29, 0.717) is 31.2 Å². The molecule has 9 N–H and O–H groups in total. The van der Waals surface area contributed by atoms with E-state index >= 15 is 0 Å². The molecule has 2 aromatic rings. The van der Waals surface area contributed by atoms with Crippen molar-refractivity contribution in [1.29, 1.82) is 0 Å². The average Bonchev–Trinajstić information content (AvgIpc) is 3.20. The number of hydrogen-bond acceptors (Lipinski definition) is 11. The van der Waals surface area contributed by atoms with Crippen LogP contribution in [-0.2, 0) is 20.0 Å². The summed E-state index contributed by atoms with van der Waals surface area (Å²) in [6.45, 7) is 1.12. The van der Waals surface area contributed by atoms with Crippen molar-refractivity contribution in [3.63, 3.8) is 0 Å². The van der Waals surface area contributed by atoms with Gasteiger partial charge in [0.2, 0.25) is 25.9 Å². The number of aliphatic hydroxyl groups excluding tert-OH is 1. The van der Waals surface area contributed by atoms with E-state index in [0.717, 1.165) is 19.3 Å². The fraction of sp³-hybridized carbons (Fsp3) is 0.588. The van der Waals surface area contributed by atoms with Crippen LogP contribution < -0.4 is 26.2 Å². The third kappa shape index (κ3) is 5.84. The molecule has 1 aliphatic rings. The highest BCUT2D eigenvalue weighted by atomic mass is 32.2. The molecule has 2 atom stereocenters. The van der Waals surface area contributed by atoms with Crippen LogP contribution in [-0.4, -0.2) is 81.4 Å². The lowest BCUT2D eigenvalue weighted by Gasteiger charge is -2.27. The van der Waals surface area contributed by atoms with E-state index in [-0.39, 0.29) is 17.9 Å². The summed E-state index contributed by atoms with van der Waals surface area (Å²) >= 11 is 0. The monoisotopic (exact) mass is 503 g/mol. The Morgan fingerprint density at radius 1 is 1.21 bits per heavy atom. The van der Waals surface area contributed by atoms with Gasteiger partial charge < -0.3 is 21.5 Å². The van der Waals surface area contributed by atoms with Crippen molar-refractivity contribution in [2.24, 2.45) is 22.5 Å². The molecule has 2 heterocycles. The number of rotatable bonds is 9. The first-order chi connectivity index (χ1) is 15.6. The van der Waals surface area contributed by atoms with Crippen molar-refractivity contribution < 1.29 is 21.9 Å². The summed E-state index contributed by atoms with van der Waals surface area (Å²) in [5.74, 6) is 0.215. The van der Waals surface area contributed by atoms with E-state index < -0.39 is 42.5 Å². The summed E-state index contributed by atoms with van der Waals surface area (Å²) in [6, 6.07) is 2.66. The van der Waals surface area contributed by atoms with Gasteiger partial charge in [-0.25, -0.2) is 26.7 Å². The van der Waals surface area contributed by atoms with Crippen molar-refractivity contribution in [2.75, 3.05) is 37.6 Å². The lowest BCUT2D eigenvalue weighted by Crippen LogP contribution is -2.37. The Morgan fingerprint density at radius 3 is 2.58 bits per heavy atom. The van der Waals surface area contributed by atoms with E-state index in [9.17, 15) is 21.9 Å². The van der Waals surface area contributed by atoms with Gasteiger partial charge in [0.1, 0.15) is 9.79 Å². The summed E-state index contributed by atoms with van der Waals surface area (Å²) in [4.78, 5) is 0.695. The number of primary sulfonamides is 1. The fourth-order valence-corrected chi connectivity index (χ4v) is 6.47. The predicted molar refractivity (Wildman–Crippen MR) is 120 cm³/mol. The largest absolute Gasteiger partial charge is 0.390 e. The van der Waals surface area contributed by atoms with Gasteiger partial charge in [-0.3, -0.25) is 0 Å². The second-order valence-electron chi connectivity index (χ2n) is 7.83. The molecule has 0 spiro atoms. The topological polar surface area (TPSA) is 236 Å². The number of tetrazole rings is 1. The van der Waals surface area contributed by atoms with Gasteiger partial charge in [-0.2, -0.15) is 5.21 Å². The molecule has 14 nitrogen and oxygen atoms in total. The summed E-state index contributed by atoms with van der Waals surface area (Å²) in [7, 11) is -8.98. The number of benzene rings is 1. The normalized spacial score (nSPS) is 18.8. The molecule has 0 saturated carbocycles. The van der Waals surface area contributed by atoms with Gasteiger partial charge in [0.25, 0.3) is 0 Å². The lowest BCUT2D eigenvalue weighted by atomic mass is 10.0. The number of aromatic amines is 1. The molecule has 3 rings (SSSR count). The highest BCUT2D eigenvalue weighted by molar-refractivity contribution is 7.92. The van der Waals surface area contributed by atoms with Crippen LogP contribution in [0.3, 0.4) is 0 Å². The number of H-pyrrole nitrogens is 1. The molecule has 1 fully saturated rings. The Balaban J connectivity index is 2.19. The maximum atomic E-state index is 13.0. The SMILES string of the molecule is NCC1CCCN(c2ccc(S(=O)(=O)NC[C@H](O)CN)c(S(N)(=O)=O)c2-c2nn[nH]n2)CC1. The highest BCUT2D eigenvalue weighted by Crippen LogP contribution is 2.39. The standard InChI is InChI=1S/C17H29N9O5S2/c18-8-11-2-1-6-26(7-5-11)13-3-4-14(33(30,31)21-10-12(27)9-19)16(32(20,28)29)15(13)17-22-24-25-23-17/h3-4,11-12,21,27H,1-2,5-10,18-19H2,(H2,20,28,29)(H,22,23,24,25)/t11?,12-/m1/s1. The Labute approximate surface area is 192 Å². The molecule has 33 heavy (non-hydrogen) atoms. The molecule has 1 aromatic heterocycles. The molecule has 0 bridgehead atoms. The van der Waals surface area contributed by atoms with Crippen molar-refractivity contribution in [1.82, 2.24) is 25.3 Å². The number of anilines is 1. The third-order valence-corrected chi connectivity index (χ3v) is 8.13. The minimum atomic E-state index is -4.58. The van der Waals surface area contributed by atoms with Crippen LogP contribution in [0.15, 0.2) is 21.9 Å². The van der Waals surface area contributed by atoms with E-state index in [1.807, 2.05) is 4.90 Å². The zero-order valence-corrected chi connectivity index (χ0v) is 19.5. The zero-order chi connectivity index (χ0) is 24.2. The van der Waals surface area contributed by atoms with Crippen LogP contribution in [0, 0.1) is 5.92 Å². The number of nitrogens with zero attached hydrogens (tertiary/aromatic N) is 4. The Kier molecular flexibility index (Phi) is 7.99. The van der Waals surface area contributed by atoms with Gasteiger partial charge >= 0.3 is 0 Å². The summed E-state index contributed by atoms with van der Waals surface area (Å²) < 4.78 is 53.6. The van der Waals surface area contributed by atoms with E-state index in [4.69, 9.17) is 16.6 Å². The van der Waals surface area contributed by atoms with Crippen molar-refractivity contribution in [3.05, 3.63) is 12.1 Å². The minimum absolute atomic E-state index is 0.0697. The van der Waals surface area contributed by atoms with Crippen LogP contribution in [0.1, 0.15) is 19.3 Å². The number of hydrogen-bond donors (Lipinski definition) is 6. The smallest absolute Gasteiger partial charge is 0.242 e. The van der Waals surface area contributed by atoms with Crippen molar-refractivity contribution in [3.8, 4) is 11.4 Å². The molecule has 0 radical (unpaired) electrons. The minimum Gasteiger partial charge on any atom is -0.390 e. The molecule has 16 heteroatoms. The number of aromatic nitrogens is 4. The molecule has 1 saturated heterocycles. The zero-order valence-electron chi connectivity index (χ0n) is 17.9. The highest BCUT2D eigenvalue weighted by Gasteiger charge is 2.33. The molecule has 1 aromatic carbocycles. The molecule has 0 aliphatic carbocycles. The molecule has 0 amide bonds. The first kappa shape index (κ1) is 25.4. The summed E-state index contributed by atoms with van der Waals surface area (Å²) in [5.41, 5.74) is 11.5. The Hall–Kier alpha value is -2.21. The quantitative estimate of drug-likeness (QED) is 0.212. The molecular formula is C17H29N9O5S2. The molecule has 1 unspecified atom stereocenters. The average molecular weight is 504 g/mol. The van der Waals surface area contributed by atoms with Gasteiger partial charge in [0, 0.05) is 31.9 Å². The van der Waals surface area contributed by atoms with Crippen molar-refractivity contribution in [2.45, 2.75) is 35.2 Å².